The van der Waals surface area contributed by atoms with E-state index in [2.05, 4.69) is 22.4 Å². The summed E-state index contributed by atoms with van der Waals surface area (Å²) in [7, 11) is 0. The van der Waals surface area contributed by atoms with Crippen molar-refractivity contribution in [2.45, 2.75) is 82.5 Å². The Morgan fingerprint density at radius 2 is 2.00 bits per heavy atom. The molecule has 1 aliphatic rings. The number of rotatable bonds is 7. The zero-order valence-corrected chi connectivity index (χ0v) is 14.8. The molecule has 0 aromatic carbocycles. The maximum atomic E-state index is 12.2. The van der Waals surface area contributed by atoms with E-state index >= 15 is 0 Å². The van der Waals surface area contributed by atoms with E-state index in [-0.39, 0.29) is 11.6 Å². The fourth-order valence-corrected chi connectivity index (χ4v) is 3.71. The van der Waals surface area contributed by atoms with Crippen molar-refractivity contribution in [2.75, 3.05) is 5.75 Å². The van der Waals surface area contributed by atoms with Gasteiger partial charge in [0.15, 0.2) is 5.16 Å². The Balaban J connectivity index is 1.80. The Morgan fingerprint density at radius 3 is 2.70 bits per heavy atom. The predicted octanol–water partition coefficient (Wildman–Crippen LogP) is 2.69. The Labute approximate surface area is 141 Å². The summed E-state index contributed by atoms with van der Waals surface area (Å²) in [5, 5.41) is 10.2. The molecule has 0 radical (unpaired) electrons. The van der Waals surface area contributed by atoms with Gasteiger partial charge in [-0.2, -0.15) is 0 Å². The highest BCUT2D eigenvalue weighted by atomic mass is 32.2. The number of H-pyrrole nitrogens is 1. The average Bonchev–Trinajstić information content (AvgIpc) is 2.86. The van der Waals surface area contributed by atoms with Crippen molar-refractivity contribution in [1.29, 1.82) is 0 Å². The quantitative estimate of drug-likeness (QED) is 0.748. The molecule has 2 rings (SSSR count). The predicted molar refractivity (Wildman–Crippen MR) is 92.7 cm³/mol. The number of nitrogens with zero attached hydrogens (tertiary/aromatic N) is 2. The molecule has 0 saturated heterocycles. The first kappa shape index (κ1) is 18.1. The summed E-state index contributed by atoms with van der Waals surface area (Å²) in [6.45, 7) is 2.73. The van der Waals surface area contributed by atoms with Crippen molar-refractivity contribution in [3.8, 4) is 0 Å². The van der Waals surface area contributed by atoms with Crippen molar-refractivity contribution in [3.63, 3.8) is 0 Å². The molecule has 130 valence electrons. The standard InChI is InChI=1S/C16H28N4O2S/c1-2-3-11-20-15(22)18-19-16(20)23-12-14(21)17-13-9-7-5-4-6-8-10-13/h13H,2-12H2,1H3,(H,17,21)(H,18,22). The van der Waals surface area contributed by atoms with Crippen molar-refractivity contribution in [3.05, 3.63) is 10.5 Å². The highest BCUT2D eigenvalue weighted by Crippen LogP contribution is 2.18. The zero-order valence-electron chi connectivity index (χ0n) is 14.0. The fourth-order valence-electron chi connectivity index (χ4n) is 2.93. The molecule has 1 aliphatic carbocycles. The highest BCUT2D eigenvalue weighted by Gasteiger charge is 2.15. The molecular weight excluding hydrogens is 312 g/mol. The lowest BCUT2D eigenvalue weighted by Gasteiger charge is -2.20. The van der Waals surface area contributed by atoms with E-state index in [1.54, 1.807) is 4.57 Å². The molecule has 0 aliphatic heterocycles. The number of carbonyl (C=O) groups is 1. The van der Waals surface area contributed by atoms with E-state index in [4.69, 9.17) is 0 Å². The number of hydrogen-bond acceptors (Lipinski definition) is 4. The van der Waals surface area contributed by atoms with Crippen LogP contribution in [0, 0.1) is 0 Å². The first-order valence-electron chi connectivity index (χ1n) is 8.78. The van der Waals surface area contributed by atoms with E-state index in [1.165, 1.54) is 43.9 Å². The second-order valence-corrected chi connectivity index (χ2v) is 7.16. The Kier molecular flexibility index (Phi) is 7.71. The molecular formula is C16H28N4O2S. The van der Waals surface area contributed by atoms with E-state index in [9.17, 15) is 9.59 Å². The molecule has 0 unspecified atom stereocenters. The lowest BCUT2D eigenvalue weighted by atomic mass is 9.97. The van der Waals surface area contributed by atoms with Gasteiger partial charge in [-0.25, -0.2) is 9.89 Å². The van der Waals surface area contributed by atoms with Crippen molar-refractivity contribution in [2.24, 2.45) is 0 Å². The lowest BCUT2D eigenvalue weighted by Crippen LogP contribution is -2.36. The van der Waals surface area contributed by atoms with Gasteiger partial charge in [0, 0.05) is 12.6 Å². The van der Waals surface area contributed by atoms with Gasteiger partial charge in [-0.1, -0.05) is 57.2 Å². The summed E-state index contributed by atoms with van der Waals surface area (Å²) >= 11 is 1.33. The number of thioether (sulfide) groups is 1. The van der Waals surface area contributed by atoms with Crippen molar-refractivity contribution < 1.29 is 4.79 Å². The summed E-state index contributed by atoms with van der Waals surface area (Å²) in [5.41, 5.74) is -0.193. The average molecular weight is 340 g/mol. The summed E-state index contributed by atoms with van der Waals surface area (Å²) in [4.78, 5) is 23.9. The van der Waals surface area contributed by atoms with Crippen molar-refractivity contribution >= 4 is 17.7 Å². The molecule has 0 spiro atoms. The Bertz CT molecular complexity index is 532. The van der Waals surface area contributed by atoms with Gasteiger partial charge < -0.3 is 5.32 Å². The molecule has 0 bridgehead atoms. The van der Waals surface area contributed by atoms with Crippen LogP contribution in [0.4, 0.5) is 0 Å². The monoisotopic (exact) mass is 340 g/mol. The number of amides is 1. The van der Waals surface area contributed by atoms with E-state index < -0.39 is 0 Å². The Morgan fingerprint density at radius 1 is 1.30 bits per heavy atom. The van der Waals surface area contributed by atoms with Crippen LogP contribution < -0.4 is 11.0 Å². The van der Waals surface area contributed by atoms with Gasteiger partial charge >= 0.3 is 5.69 Å². The van der Waals surface area contributed by atoms with Gasteiger partial charge in [-0.05, 0) is 19.3 Å². The molecule has 1 fully saturated rings. The third-order valence-corrected chi connectivity index (χ3v) is 5.24. The molecule has 7 heteroatoms. The number of nitrogens with one attached hydrogen (secondary N) is 2. The molecule has 1 aromatic rings. The maximum Gasteiger partial charge on any atom is 0.343 e. The minimum Gasteiger partial charge on any atom is -0.353 e. The maximum absolute atomic E-state index is 12.2. The van der Waals surface area contributed by atoms with Gasteiger partial charge in [0.05, 0.1) is 5.75 Å². The Hall–Kier alpha value is -1.24. The van der Waals surface area contributed by atoms with Crippen LogP contribution in [0.15, 0.2) is 9.95 Å². The number of aromatic nitrogens is 3. The lowest BCUT2D eigenvalue weighted by molar-refractivity contribution is -0.119. The molecule has 6 nitrogen and oxygen atoms in total. The van der Waals surface area contributed by atoms with Crippen LogP contribution in [-0.4, -0.2) is 32.5 Å². The van der Waals surface area contributed by atoms with Gasteiger partial charge in [-0.15, -0.1) is 5.10 Å². The summed E-state index contributed by atoms with van der Waals surface area (Å²) in [6.07, 6.45) is 10.4. The first-order chi connectivity index (χ1) is 11.2. The fraction of sp³-hybridized carbons (Fsp3) is 0.812. The SMILES string of the molecule is CCCCn1c(SCC(=O)NC2CCCCCCC2)n[nH]c1=O. The second kappa shape index (κ2) is 9.80. The second-order valence-electron chi connectivity index (χ2n) is 6.21. The zero-order chi connectivity index (χ0) is 16.5. The third-order valence-electron chi connectivity index (χ3n) is 4.26. The van der Waals surface area contributed by atoms with Crippen LogP contribution in [0.2, 0.25) is 0 Å². The molecule has 2 N–H and O–H groups in total. The van der Waals surface area contributed by atoms with Crippen molar-refractivity contribution in [1.82, 2.24) is 20.1 Å². The van der Waals surface area contributed by atoms with Crippen LogP contribution in [0.3, 0.4) is 0 Å². The summed E-state index contributed by atoms with van der Waals surface area (Å²) in [5.74, 6) is 0.352. The van der Waals surface area contributed by atoms with Crippen LogP contribution in [0.1, 0.15) is 64.7 Å². The van der Waals surface area contributed by atoms with Crippen LogP contribution in [0.5, 0.6) is 0 Å². The number of hydrogen-bond donors (Lipinski definition) is 2. The largest absolute Gasteiger partial charge is 0.353 e. The normalized spacial score (nSPS) is 16.7. The minimum absolute atomic E-state index is 0.0399. The smallest absolute Gasteiger partial charge is 0.343 e. The summed E-state index contributed by atoms with van der Waals surface area (Å²) in [6, 6.07) is 0.310. The first-order valence-corrected chi connectivity index (χ1v) is 9.76. The molecule has 1 amide bonds. The van der Waals surface area contributed by atoms with E-state index in [0.29, 0.717) is 23.5 Å². The number of unbranched alkanes of at least 4 members (excludes halogenated alkanes) is 1. The van der Waals surface area contributed by atoms with Crippen LogP contribution >= 0.6 is 11.8 Å². The molecule has 1 aromatic heterocycles. The molecule has 0 atom stereocenters. The van der Waals surface area contributed by atoms with E-state index in [1.807, 2.05) is 0 Å². The van der Waals surface area contributed by atoms with Crippen LogP contribution in [0.25, 0.3) is 0 Å². The van der Waals surface area contributed by atoms with Gasteiger partial charge in [0.1, 0.15) is 0 Å². The number of aromatic amines is 1. The number of carbonyl (C=O) groups excluding carboxylic acids is 1. The van der Waals surface area contributed by atoms with Crippen LogP contribution in [-0.2, 0) is 11.3 Å². The molecule has 1 heterocycles. The van der Waals surface area contributed by atoms with Gasteiger partial charge in [0.25, 0.3) is 0 Å². The third kappa shape index (κ3) is 6.05. The topological polar surface area (TPSA) is 79.8 Å². The van der Waals surface area contributed by atoms with Gasteiger partial charge in [0.2, 0.25) is 5.91 Å². The minimum atomic E-state index is -0.193. The summed E-state index contributed by atoms with van der Waals surface area (Å²) < 4.78 is 1.62. The highest BCUT2D eigenvalue weighted by molar-refractivity contribution is 7.99. The van der Waals surface area contributed by atoms with E-state index in [0.717, 1.165) is 25.7 Å². The molecule has 1 saturated carbocycles. The molecule has 23 heavy (non-hydrogen) atoms. The van der Waals surface area contributed by atoms with Gasteiger partial charge in [-0.3, -0.25) is 9.36 Å².